The van der Waals surface area contributed by atoms with Gasteiger partial charge in [-0.25, -0.2) is 0 Å². The largest absolute Gasteiger partial charge is 0.339 e. The monoisotopic (exact) mass is 282 g/mol. The van der Waals surface area contributed by atoms with E-state index < -0.39 is 0 Å². The molecule has 2 N–H and O–H groups in total. The number of halogens is 1. The van der Waals surface area contributed by atoms with Crippen LogP contribution < -0.4 is 5.73 Å². The Kier molecular flexibility index (Phi) is 6.32. The van der Waals surface area contributed by atoms with E-state index in [-0.39, 0.29) is 17.9 Å². The molecule has 1 rings (SSSR count). The molecule has 1 aromatic carbocycles. The van der Waals surface area contributed by atoms with Gasteiger partial charge in [0.2, 0.25) is 5.91 Å². The molecule has 0 saturated carbocycles. The summed E-state index contributed by atoms with van der Waals surface area (Å²) in [5, 5.41) is 0.689. The van der Waals surface area contributed by atoms with E-state index in [9.17, 15) is 4.79 Å². The third-order valence-corrected chi connectivity index (χ3v) is 3.90. The summed E-state index contributed by atoms with van der Waals surface area (Å²) in [4.78, 5) is 14.1. The maximum absolute atomic E-state index is 12.4. The van der Waals surface area contributed by atoms with Gasteiger partial charge in [0.1, 0.15) is 0 Å². The zero-order chi connectivity index (χ0) is 14.4. The number of nitrogens with two attached hydrogens (primary N) is 1. The molecule has 3 nitrogen and oxygen atoms in total. The van der Waals surface area contributed by atoms with Gasteiger partial charge >= 0.3 is 0 Å². The number of benzene rings is 1. The van der Waals surface area contributed by atoms with Gasteiger partial charge < -0.3 is 10.6 Å². The van der Waals surface area contributed by atoms with Crippen LogP contribution in [0, 0.1) is 5.92 Å². The van der Waals surface area contributed by atoms with Crippen molar-refractivity contribution in [2.24, 2.45) is 11.7 Å². The maximum atomic E-state index is 12.4. The van der Waals surface area contributed by atoms with E-state index in [1.54, 1.807) is 4.90 Å². The summed E-state index contributed by atoms with van der Waals surface area (Å²) < 4.78 is 0. The summed E-state index contributed by atoms with van der Waals surface area (Å²) in [5.74, 6) is -0.00305. The summed E-state index contributed by atoms with van der Waals surface area (Å²) in [5.41, 5.74) is 6.66. The van der Waals surface area contributed by atoms with Crippen molar-refractivity contribution < 1.29 is 4.79 Å². The first kappa shape index (κ1) is 16.0. The van der Waals surface area contributed by atoms with Crippen LogP contribution in [0.2, 0.25) is 5.02 Å². The second kappa shape index (κ2) is 7.51. The average molecular weight is 283 g/mol. The summed E-state index contributed by atoms with van der Waals surface area (Å²) in [6.45, 7) is 4.44. The van der Waals surface area contributed by atoms with Crippen LogP contribution in [0.1, 0.15) is 38.3 Å². The molecule has 0 aliphatic carbocycles. The lowest BCUT2D eigenvalue weighted by molar-refractivity contribution is -0.136. The number of hydrogen-bond acceptors (Lipinski definition) is 2. The third-order valence-electron chi connectivity index (χ3n) is 3.55. The third kappa shape index (κ3) is 3.95. The SMILES string of the molecule is CCCC(CN)C(=O)N(C)C(C)c1ccccc1Cl. The number of hydrogen-bond donors (Lipinski definition) is 1. The van der Waals surface area contributed by atoms with Crippen LogP contribution in [0.15, 0.2) is 24.3 Å². The van der Waals surface area contributed by atoms with Gasteiger partial charge in [-0.3, -0.25) is 4.79 Å². The van der Waals surface area contributed by atoms with Gasteiger partial charge in [-0.2, -0.15) is 0 Å². The minimum atomic E-state index is -0.0973. The normalized spacial score (nSPS) is 13.9. The number of nitrogens with zero attached hydrogens (tertiary/aromatic N) is 1. The van der Waals surface area contributed by atoms with Crippen molar-refractivity contribution in [3.63, 3.8) is 0 Å². The smallest absolute Gasteiger partial charge is 0.227 e. The highest BCUT2D eigenvalue weighted by Gasteiger charge is 2.24. The summed E-state index contributed by atoms with van der Waals surface area (Å²) in [6.07, 6.45) is 1.79. The molecule has 19 heavy (non-hydrogen) atoms. The van der Waals surface area contributed by atoms with Crippen molar-refractivity contribution in [1.29, 1.82) is 0 Å². The van der Waals surface area contributed by atoms with Gasteiger partial charge in [-0.1, -0.05) is 43.1 Å². The topological polar surface area (TPSA) is 46.3 Å². The Hall–Kier alpha value is -1.06. The Bertz CT molecular complexity index is 422. The van der Waals surface area contributed by atoms with Crippen molar-refractivity contribution in [1.82, 2.24) is 4.90 Å². The first-order valence-electron chi connectivity index (χ1n) is 6.74. The molecule has 0 aliphatic rings. The summed E-state index contributed by atoms with van der Waals surface area (Å²) in [6, 6.07) is 7.57. The molecule has 2 atom stereocenters. The molecule has 0 spiro atoms. The first-order valence-corrected chi connectivity index (χ1v) is 7.11. The van der Waals surface area contributed by atoms with Gasteiger partial charge in [-0.05, 0) is 25.0 Å². The Morgan fingerprint density at radius 1 is 1.42 bits per heavy atom. The minimum Gasteiger partial charge on any atom is -0.339 e. The van der Waals surface area contributed by atoms with Crippen molar-refractivity contribution in [2.45, 2.75) is 32.7 Å². The van der Waals surface area contributed by atoms with E-state index in [1.807, 2.05) is 38.2 Å². The predicted molar refractivity (Wildman–Crippen MR) is 80.1 cm³/mol. The molecule has 0 fully saturated rings. The van der Waals surface area contributed by atoms with Gasteiger partial charge in [0, 0.05) is 18.6 Å². The first-order chi connectivity index (χ1) is 9.02. The second-order valence-electron chi connectivity index (χ2n) is 4.87. The van der Waals surface area contributed by atoms with Gasteiger partial charge in [0.15, 0.2) is 0 Å². The molecule has 4 heteroatoms. The molecular weight excluding hydrogens is 260 g/mol. The molecule has 0 heterocycles. The standard InChI is InChI=1S/C15H23ClN2O/c1-4-7-12(10-17)15(19)18(3)11(2)13-8-5-6-9-14(13)16/h5-6,8-9,11-12H,4,7,10,17H2,1-3H3. The fraction of sp³-hybridized carbons (Fsp3) is 0.533. The van der Waals surface area contributed by atoms with E-state index in [2.05, 4.69) is 6.92 Å². The molecule has 106 valence electrons. The van der Waals surface area contributed by atoms with Crippen LogP contribution in [0.4, 0.5) is 0 Å². The highest BCUT2D eigenvalue weighted by molar-refractivity contribution is 6.31. The van der Waals surface area contributed by atoms with Gasteiger partial charge in [-0.15, -0.1) is 0 Å². The van der Waals surface area contributed by atoms with Gasteiger partial charge in [0.05, 0.1) is 12.0 Å². The van der Waals surface area contributed by atoms with Crippen LogP contribution >= 0.6 is 11.6 Å². The summed E-state index contributed by atoms with van der Waals surface area (Å²) >= 11 is 6.18. The van der Waals surface area contributed by atoms with Crippen molar-refractivity contribution in [3.05, 3.63) is 34.9 Å². The van der Waals surface area contributed by atoms with Crippen LogP contribution in [0.5, 0.6) is 0 Å². The Morgan fingerprint density at radius 2 is 2.05 bits per heavy atom. The highest BCUT2D eigenvalue weighted by Crippen LogP contribution is 2.27. The van der Waals surface area contributed by atoms with E-state index in [0.717, 1.165) is 18.4 Å². The van der Waals surface area contributed by atoms with Crippen molar-refractivity contribution in [3.8, 4) is 0 Å². The molecule has 1 aromatic rings. The Labute approximate surface area is 120 Å². The van der Waals surface area contributed by atoms with Crippen molar-refractivity contribution >= 4 is 17.5 Å². The summed E-state index contributed by atoms with van der Waals surface area (Å²) in [7, 11) is 1.81. The maximum Gasteiger partial charge on any atom is 0.227 e. The van der Waals surface area contributed by atoms with E-state index >= 15 is 0 Å². The van der Waals surface area contributed by atoms with E-state index in [4.69, 9.17) is 17.3 Å². The second-order valence-corrected chi connectivity index (χ2v) is 5.28. The molecule has 0 aromatic heterocycles. The minimum absolute atomic E-state index is 0.0490. The van der Waals surface area contributed by atoms with Crippen LogP contribution in [0.3, 0.4) is 0 Å². The molecule has 2 unspecified atom stereocenters. The average Bonchev–Trinajstić information content (AvgIpc) is 2.43. The fourth-order valence-corrected chi connectivity index (χ4v) is 2.49. The predicted octanol–water partition coefficient (Wildman–Crippen LogP) is 3.23. The highest BCUT2D eigenvalue weighted by atomic mass is 35.5. The number of amides is 1. The van der Waals surface area contributed by atoms with E-state index in [0.29, 0.717) is 11.6 Å². The zero-order valence-corrected chi connectivity index (χ0v) is 12.7. The Balaban J connectivity index is 2.84. The van der Waals surface area contributed by atoms with Crippen LogP contribution in [-0.2, 0) is 4.79 Å². The van der Waals surface area contributed by atoms with Crippen molar-refractivity contribution in [2.75, 3.05) is 13.6 Å². The molecule has 1 amide bonds. The molecule has 0 radical (unpaired) electrons. The quantitative estimate of drug-likeness (QED) is 0.871. The number of carbonyl (C=O) groups is 1. The lowest BCUT2D eigenvalue weighted by Crippen LogP contribution is -2.38. The lowest BCUT2D eigenvalue weighted by Gasteiger charge is -2.29. The van der Waals surface area contributed by atoms with Gasteiger partial charge in [0.25, 0.3) is 0 Å². The molecular formula is C15H23ClN2O. The number of rotatable bonds is 6. The fourth-order valence-electron chi connectivity index (χ4n) is 2.19. The Morgan fingerprint density at radius 3 is 2.58 bits per heavy atom. The van der Waals surface area contributed by atoms with E-state index in [1.165, 1.54) is 0 Å². The zero-order valence-electron chi connectivity index (χ0n) is 11.9. The molecule has 0 bridgehead atoms. The molecule has 0 aliphatic heterocycles. The lowest BCUT2D eigenvalue weighted by atomic mass is 10.00. The van der Waals surface area contributed by atoms with Crippen LogP contribution in [-0.4, -0.2) is 24.4 Å². The number of carbonyl (C=O) groups excluding carboxylic acids is 1. The van der Waals surface area contributed by atoms with Crippen LogP contribution in [0.25, 0.3) is 0 Å². The molecule has 0 saturated heterocycles.